The second-order valence-electron chi connectivity index (χ2n) is 12.7. The van der Waals surface area contributed by atoms with Gasteiger partial charge in [-0.3, -0.25) is 0 Å². The Morgan fingerprint density at radius 3 is 1.18 bits per heavy atom. The lowest BCUT2D eigenvalue weighted by atomic mass is 10.0. The van der Waals surface area contributed by atoms with E-state index in [-0.39, 0.29) is 0 Å². The summed E-state index contributed by atoms with van der Waals surface area (Å²) < 4.78 is 10.4. The van der Waals surface area contributed by atoms with E-state index in [1.54, 1.807) is 0 Å². The van der Waals surface area contributed by atoms with E-state index in [2.05, 4.69) is 32.9 Å². The maximum atomic E-state index is 11.7. The summed E-state index contributed by atoms with van der Waals surface area (Å²) in [7, 11) is 0. The van der Waals surface area contributed by atoms with Gasteiger partial charge in [-0.1, -0.05) is 174 Å². The summed E-state index contributed by atoms with van der Waals surface area (Å²) in [4.78, 5) is 11.7. The molecule has 0 unspecified atom stereocenters. The minimum atomic E-state index is -0.477. The lowest BCUT2D eigenvalue weighted by Crippen LogP contribution is -2.09. The number of carbonyl (C=O) groups is 1. The summed E-state index contributed by atoms with van der Waals surface area (Å²) in [6, 6.07) is 0. The molecule has 0 aromatic rings. The van der Waals surface area contributed by atoms with Gasteiger partial charge in [0.2, 0.25) is 0 Å². The van der Waals surface area contributed by atoms with Gasteiger partial charge in [0.1, 0.15) is 0 Å². The molecule has 0 bridgehead atoms. The van der Waals surface area contributed by atoms with Gasteiger partial charge in [0, 0.05) is 0 Å². The molecule has 0 saturated heterocycles. The van der Waals surface area contributed by atoms with Gasteiger partial charge in [-0.15, -0.1) is 0 Å². The van der Waals surface area contributed by atoms with E-state index < -0.39 is 6.16 Å². The van der Waals surface area contributed by atoms with E-state index in [9.17, 15) is 4.79 Å². The molecule has 0 N–H and O–H groups in total. The van der Waals surface area contributed by atoms with Crippen LogP contribution in [0.15, 0.2) is 12.2 Å². The van der Waals surface area contributed by atoms with E-state index in [4.69, 9.17) is 9.47 Å². The molecule has 0 aliphatic carbocycles. The third-order valence-corrected chi connectivity index (χ3v) is 8.02. The van der Waals surface area contributed by atoms with Crippen LogP contribution in [-0.4, -0.2) is 19.4 Å². The Hall–Kier alpha value is -0.990. The number of allylic oxidation sites excluding steroid dienone is 2. The molecule has 0 radical (unpaired) electrons. The molecule has 0 spiro atoms. The lowest BCUT2D eigenvalue weighted by molar-refractivity contribution is 0.0529. The summed E-state index contributed by atoms with van der Waals surface area (Å²) in [6.07, 6.45) is 41.1. The van der Waals surface area contributed by atoms with Crippen molar-refractivity contribution in [2.75, 3.05) is 13.2 Å². The number of carbonyl (C=O) groups excluding carboxylic acids is 1. The first-order chi connectivity index (χ1) is 19.7. The van der Waals surface area contributed by atoms with Crippen molar-refractivity contribution in [3.05, 3.63) is 12.2 Å². The molecule has 0 aliphatic heterocycles. The summed E-state index contributed by atoms with van der Waals surface area (Å²) in [6.45, 7) is 7.91. The van der Waals surface area contributed by atoms with Gasteiger partial charge in [0.15, 0.2) is 0 Å². The molecule has 3 heteroatoms. The monoisotopic (exact) mass is 565 g/mol. The average molecular weight is 565 g/mol. The Kier molecular flexibility index (Phi) is 33.4. The number of ether oxygens (including phenoxy) is 2. The molecule has 3 nitrogen and oxygen atoms in total. The van der Waals surface area contributed by atoms with Crippen LogP contribution in [0.1, 0.15) is 201 Å². The first kappa shape index (κ1) is 39.0. The Bertz CT molecular complexity index is 514. The SMILES string of the molecule is CCCCCCCC/C=C\CCCCCCCCCCCCOC(=O)OCCCCCCCCCCCC(C)C. The van der Waals surface area contributed by atoms with Crippen molar-refractivity contribution >= 4 is 6.16 Å². The van der Waals surface area contributed by atoms with Crippen LogP contribution >= 0.6 is 0 Å². The molecule has 0 aromatic heterocycles. The Morgan fingerprint density at radius 1 is 0.475 bits per heavy atom. The van der Waals surface area contributed by atoms with Crippen molar-refractivity contribution in [2.45, 2.75) is 201 Å². The van der Waals surface area contributed by atoms with Gasteiger partial charge in [-0.05, 0) is 44.4 Å². The van der Waals surface area contributed by atoms with E-state index in [1.807, 2.05) is 0 Å². The smallest absolute Gasteiger partial charge is 0.434 e. The molecule has 0 amide bonds. The molecular weight excluding hydrogens is 492 g/mol. The highest BCUT2D eigenvalue weighted by molar-refractivity contribution is 5.59. The number of hydrogen-bond acceptors (Lipinski definition) is 3. The van der Waals surface area contributed by atoms with Crippen LogP contribution in [-0.2, 0) is 9.47 Å². The van der Waals surface area contributed by atoms with Crippen molar-refractivity contribution in [1.82, 2.24) is 0 Å². The van der Waals surface area contributed by atoms with Crippen molar-refractivity contribution < 1.29 is 14.3 Å². The molecule has 238 valence electrons. The van der Waals surface area contributed by atoms with Gasteiger partial charge >= 0.3 is 6.16 Å². The van der Waals surface area contributed by atoms with Gasteiger partial charge in [-0.2, -0.15) is 0 Å². The van der Waals surface area contributed by atoms with Crippen LogP contribution in [0.4, 0.5) is 4.79 Å². The standard InChI is InChI=1S/C37H72O3/c1-4-5-6-7-8-9-10-11-12-13-14-15-16-17-18-19-22-25-28-31-34-39-37(38)40-35-32-29-26-23-20-21-24-27-30-33-36(2)3/h11-12,36H,4-10,13-35H2,1-3H3/b12-11-. The quantitative estimate of drug-likeness (QED) is 0.0463. The van der Waals surface area contributed by atoms with Crippen molar-refractivity contribution in [1.29, 1.82) is 0 Å². The fourth-order valence-corrected chi connectivity index (χ4v) is 5.30. The minimum absolute atomic E-state index is 0.477. The van der Waals surface area contributed by atoms with E-state index in [1.165, 1.54) is 154 Å². The summed E-state index contributed by atoms with van der Waals surface area (Å²) >= 11 is 0. The zero-order chi connectivity index (χ0) is 29.2. The van der Waals surface area contributed by atoms with Crippen molar-refractivity contribution in [3.8, 4) is 0 Å². The third kappa shape index (κ3) is 35.0. The summed E-state index contributed by atoms with van der Waals surface area (Å²) in [5, 5.41) is 0. The van der Waals surface area contributed by atoms with E-state index >= 15 is 0 Å². The second-order valence-corrected chi connectivity index (χ2v) is 12.7. The van der Waals surface area contributed by atoms with Crippen LogP contribution < -0.4 is 0 Å². The zero-order valence-corrected chi connectivity index (χ0v) is 27.7. The molecule has 40 heavy (non-hydrogen) atoms. The molecule has 0 saturated carbocycles. The van der Waals surface area contributed by atoms with Gasteiger partial charge < -0.3 is 9.47 Å². The molecule has 0 atom stereocenters. The molecule has 0 rings (SSSR count). The fraction of sp³-hybridized carbons (Fsp3) is 0.919. The second kappa shape index (κ2) is 34.2. The summed E-state index contributed by atoms with van der Waals surface area (Å²) in [5.74, 6) is 0.849. The highest BCUT2D eigenvalue weighted by atomic mass is 16.7. The molecule has 0 heterocycles. The van der Waals surface area contributed by atoms with Crippen LogP contribution in [0.5, 0.6) is 0 Å². The highest BCUT2D eigenvalue weighted by Crippen LogP contribution is 2.14. The van der Waals surface area contributed by atoms with Crippen LogP contribution in [0.2, 0.25) is 0 Å². The number of rotatable bonds is 32. The van der Waals surface area contributed by atoms with E-state index in [0.29, 0.717) is 13.2 Å². The van der Waals surface area contributed by atoms with E-state index in [0.717, 1.165) is 31.6 Å². The van der Waals surface area contributed by atoms with Gasteiger partial charge in [0.25, 0.3) is 0 Å². The molecule has 0 aromatic carbocycles. The van der Waals surface area contributed by atoms with Crippen LogP contribution in [0.25, 0.3) is 0 Å². The van der Waals surface area contributed by atoms with Crippen molar-refractivity contribution in [2.24, 2.45) is 5.92 Å². The zero-order valence-electron chi connectivity index (χ0n) is 27.7. The Balaban J connectivity index is 3.18. The first-order valence-corrected chi connectivity index (χ1v) is 18.1. The maximum Gasteiger partial charge on any atom is 0.508 e. The average Bonchev–Trinajstić information content (AvgIpc) is 2.94. The van der Waals surface area contributed by atoms with Gasteiger partial charge in [-0.25, -0.2) is 4.79 Å². The number of hydrogen-bond donors (Lipinski definition) is 0. The predicted octanol–water partition coefficient (Wildman–Crippen LogP) is 13.3. The number of unbranched alkanes of at least 4 members (excludes halogenated alkanes) is 24. The Labute approximate surface area is 252 Å². The van der Waals surface area contributed by atoms with Gasteiger partial charge in [0.05, 0.1) is 13.2 Å². The minimum Gasteiger partial charge on any atom is -0.434 e. The topological polar surface area (TPSA) is 35.5 Å². The lowest BCUT2D eigenvalue weighted by Gasteiger charge is -2.07. The molecular formula is C37H72O3. The maximum absolute atomic E-state index is 11.7. The summed E-state index contributed by atoms with van der Waals surface area (Å²) in [5.41, 5.74) is 0. The normalized spacial score (nSPS) is 11.6. The fourth-order valence-electron chi connectivity index (χ4n) is 5.30. The first-order valence-electron chi connectivity index (χ1n) is 18.1. The molecule has 0 aliphatic rings. The van der Waals surface area contributed by atoms with Crippen LogP contribution in [0.3, 0.4) is 0 Å². The third-order valence-electron chi connectivity index (χ3n) is 8.02. The largest absolute Gasteiger partial charge is 0.508 e. The predicted molar refractivity (Wildman–Crippen MR) is 176 cm³/mol. The molecule has 0 fully saturated rings. The van der Waals surface area contributed by atoms with Crippen molar-refractivity contribution in [3.63, 3.8) is 0 Å². The van der Waals surface area contributed by atoms with Crippen LogP contribution in [0, 0.1) is 5.92 Å². The highest BCUT2D eigenvalue weighted by Gasteiger charge is 2.03. The Morgan fingerprint density at radius 2 is 0.800 bits per heavy atom.